The Morgan fingerprint density at radius 1 is 1.29 bits per heavy atom. The molecule has 21 heavy (non-hydrogen) atoms. The number of amides is 1. The van der Waals surface area contributed by atoms with Gasteiger partial charge in [0.25, 0.3) is 5.91 Å². The van der Waals surface area contributed by atoms with Gasteiger partial charge in [0.2, 0.25) is 5.76 Å². The van der Waals surface area contributed by atoms with Crippen molar-refractivity contribution >= 4 is 11.9 Å². The lowest BCUT2D eigenvalue weighted by molar-refractivity contribution is -0.140. The van der Waals surface area contributed by atoms with E-state index in [-0.39, 0.29) is 30.6 Å². The van der Waals surface area contributed by atoms with E-state index in [1.54, 1.807) is 13.1 Å². The van der Waals surface area contributed by atoms with Gasteiger partial charge in [-0.3, -0.25) is 9.59 Å². The summed E-state index contributed by atoms with van der Waals surface area (Å²) < 4.78 is 9.61. The fraction of sp³-hybridized carbons (Fsp3) is 0.267. The monoisotopic (exact) mass is 288 g/mol. The summed E-state index contributed by atoms with van der Waals surface area (Å²) in [6, 6.07) is 11.0. The summed E-state index contributed by atoms with van der Waals surface area (Å²) in [6.07, 6.45) is 0.137. The molecule has 0 fully saturated rings. The van der Waals surface area contributed by atoms with Crippen LogP contribution in [-0.4, -0.2) is 42.6 Å². The second-order valence-corrected chi connectivity index (χ2v) is 4.50. The van der Waals surface area contributed by atoms with Gasteiger partial charge < -0.3 is 14.2 Å². The first-order valence-electron chi connectivity index (χ1n) is 6.46. The molecule has 2 aromatic rings. The smallest absolute Gasteiger partial charge is 0.307 e. The van der Waals surface area contributed by atoms with Crippen molar-refractivity contribution in [1.29, 1.82) is 0 Å². The highest BCUT2D eigenvalue weighted by Gasteiger charge is 2.18. The highest BCUT2D eigenvalue weighted by atomic mass is 16.5. The number of methoxy groups -OCH3 is 1. The second kappa shape index (κ2) is 6.69. The molecule has 0 aliphatic carbocycles. The molecule has 0 aliphatic heterocycles. The van der Waals surface area contributed by atoms with Crippen LogP contribution in [0.4, 0.5) is 0 Å². The van der Waals surface area contributed by atoms with E-state index in [0.717, 1.165) is 5.56 Å². The Morgan fingerprint density at radius 2 is 2.00 bits per heavy atom. The molecule has 0 bridgehead atoms. The molecule has 110 valence electrons. The average molecular weight is 288 g/mol. The third kappa shape index (κ3) is 3.68. The molecule has 0 N–H and O–H groups in total. The third-order valence-corrected chi connectivity index (χ3v) is 3.02. The van der Waals surface area contributed by atoms with Crippen LogP contribution in [0.15, 0.2) is 40.9 Å². The number of hydrogen-bond acceptors (Lipinski definition) is 5. The van der Waals surface area contributed by atoms with E-state index in [0.29, 0.717) is 5.69 Å². The average Bonchev–Trinajstić information content (AvgIpc) is 3.02. The molecule has 2 rings (SSSR count). The predicted octanol–water partition coefficient (Wildman–Crippen LogP) is 1.98. The lowest BCUT2D eigenvalue weighted by atomic mass is 10.1. The number of ether oxygens (including phenoxy) is 1. The van der Waals surface area contributed by atoms with Crippen LogP contribution in [0.1, 0.15) is 17.0 Å². The zero-order chi connectivity index (χ0) is 15.2. The minimum Gasteiger partial charge on any atom is -0.469 e. The Morgan fingerprint density at radius 3 is 2.67 bits per heavy atom. The molecular formula is C15H16N2O4. The highest BCUT2D eigenvalue weighted by Crippen LogP contribution is 2.19. The molecule has 0 saturated carbocycles. The van der Waals surface area contributed by atoms with Crippen molar-refractivity contribution in [3.63, 3.8) is 0 Å². The normalized spacial score (nSPS) is 10.2. The van der Waals surface area contributed by atoms with Gasteiger partial charge in [-0.1, -0.05) is 35.5 Å². The quantitative estimate of drug-likeness (QED) is 0.787. The molecule has 0 spiro atoms. The van der Waals surface area contributed by atoms with Crippen molar-refractivity contribution in [3.8, 4) is 11.3 Å². The number of carbonyl (C=O) groups excluding carboxylic acids is 2. The first-order valence-corrected chi connectivity index (χ1v) is 6.46. The zero-order valence-electron chi connectivity index (χ0n) is 11.9. The Kier molecular flexibility index (Phi) is 4.71. The van der Waals surface area contributed by atoms with Crippen LogP contribution in [0.25, 0.3) is 11.3 Å². The van der Waals surface area contributed by atoms with Crippen molar-refractivity contribution in [2.45, 2.75) is 6.42 Å². The van der Waals surface area contributed by atoms with E-state index in [9.17, 15) is 9.59 Å². The van der Waals surface area contributed by atoms with E-state index in [4.69, 9.17) is 4.52 Å². The molecule has 6 heteroatoms. The Hall–Kier alpha value is -2.63. The molecule has 0 radical (unpaired) electrons. The van der Waals surface area contributed by atoms with Gasteiger partial charge in [-0.25, -0.2) is 0 Å². The van der Waals surface area contributed by atoms with Crippen molar-refractivity contribution in [3.05, 3.63) is 42.2 Å². The zero-order valence-corrected chi connectivity index (χ0v) is 11.9. The molecular weight excluding hydrogens is 272 g/mol. The van der Waals surface area contributed by atoms with Gasteiger partial charge in [-0.05, 0) is 0 Å². The van der Waals surface area contributed by atoms with Crippen LogP contribution in [0.2, 0.25) is 0 Å². The second-order valence-electron chi connectivity index (χ2n) is 4.50. The van der Waals surface area contributed by atoms with Crippen molar-refractivity contribution < 1.29 is 18.8 Å². The van der Waals surface area contributed by atoms with E-state index in [2.05, 4.69) is 9.89 Å². The van der Waals surface area contributed by atoms with Gasteiger partial charge in [0.15, 0.2) is 0 Å². The minimum absolute atomic E-state index is 0.137. The summed E-state index contributed by atoms with van der Waals surface area (Å²) in [6.45, 7) is 0.257. The van der Waals surface area contributed by atoms with E-state index < -0.39 is 0 Å². The topological polar surface area (TPSA) is 72.6 Å². The molecule has 1 aromatic carbocycles. The lowest BCUT2D eigenvalue weighted by Gasteiger charge is -2.13. The summed E-state index contributed by atoms with van der Waals surface area (Å²) in [7, 11) is 2.91. The minimum atomic E-state index is -0.364. The van der Waals surface area contributed by atoms with E-state index in [1.165, 1.54) is 12.0 Å². The standard InChI is InChI=1S/C15H16N2O4/c1-17(9-8-14(18)20-2)15(19)13-10-12(16-21-13)11-6-4-3-5-7-11/h3-7,10H,8-9H2,1-2H3. The Bertz CT molecular complexity index is 622. The maximum atomic E-state index is 12.1. The SMILES string of the molecule is COC(=O)CCN(C)C(=O)c1cc(-c2ccccc2)no1. The van der Waals surface area contributed by atoms with Crippen molar-refractivity contribution in [2.24, 2.45) is 0 Å². The number of aromatic nitrogens is 1. The molecule has 0 unspecified atom stereocenters. The van der Waals surface area contributed by atoms with Crippen LogP contribution < -0.4 is 0 Å². The largest absolute Gasteiger partial charge is 0.469 e. The van der Waals surface area contributed by atoms with Crippen LogP contribution in [-0.2, 0) is 9.53 Å². The van der Waals surface area contributed by atoms with Crippen LogP contribution in [0.3, 0.4) is 0 Å². The van der Waals surface area contributed by atoms with Gasteiger partial charge in [0.1, 0.15) is 5.69 Å². The van der Waals surface area contributed by atoms with Crippen molar-refractivity contribution in [1.82, 2.24) is 10.1 Å². The number of rotatable bonds is 5. The van der Waals surface area contributed by atoms with Gasteiger partial charge in [-0.15, -0.1) is 0 Å². The molecule has 1 heterocycles. The number of esters is 1. The third-order valence-electron chi connectivity index (χ3n) is 3.02. The molecule has 0 aliphatic rings. The van der Waals surface area contributed by atoms with E-state index >= 15 is 0 Å². The predicted molar refractivity (Wildman–Crippen MR) is 75.5 cm³/mol. The van der Waals surface area contributed by atoms with E-state index in [1.807, 2.05) is 30.3 Å². The molecule has 1 amide bonds. The molecule has 6 nitrogen and oxygen atoms in total. The summed E-state index contributed by atoms with van der Waals surface area (Å²) in [5, 5.41) is 3.89. The Balaban J connectivity index is 2.03. The van der Waals surface area contributed by atoms with Crippen LogP contribution in [0, 0.1) is 0 Å². The van der Waals surface area contributed by atoms with Crippen molar-refractivity contribution in [2.75, 3.05) is 20.7 Å². The fourth-order valence-electron chi connectivity index (χ4n) is 1.77. The van der Waals surface area contributed by atoms with Crippen LogP contribution >= 0.6 is 0 Å². The molecule has 0 atom stereocenters. The summed E-state index contributed by atoms with van der Waals surface area (Å²) in [5.41, 5.74) is 1.47. The Labute approximate surface area is 122 Å². The molecule has 0 saturated heterocycles. The molecule has 1 aromatic heterocycles. The summed E-state index contributed by atoms with van der Waals surface area (Å²) in [5.74, 6) is -0.549. The maximum absolute atomic E-state index is 12.1. The summed E-state index contributed by atoms with van der Waals surface area (Å²) in [4.78, 5) is 24.6. The fourth-order valence-corrected chi connectivity index (χ4v) is 1.77. The van der Waals surface area contributed by atoms with Gasteiger partial charge in [0, 0.05) is 25.2 Å². The number of nitrogens with zero attached hydrogens (tertiary/aromatic N) is 2. The number of hydrogen-bond donors (Lipinski definition) is 0. The lowest BCUT2D eigenvalue weighted by Crippen LogP contribution is -2.28. The van der Waals surface area contributed by atoms with Gasteiger partial charge >= 0.3 is 5.97 Å². The first kappa shape index (κ1) is 14.8. The summed E-state index contributed by atoms with van der Waals surface area (Å²) >= 11 is 0. The van der Waals surface area contributed by atoms with Gasteiger partial charge in [-0.2, -0.15) is 0 Å². The number of benzene rings is 1. The van der Waals surface area contributed by atoms with Crippen LogP contribution in [0.5, 0.6) is 0 Å². The number of carbonyl (C=O) groups is 2. The maximum Gasteiger partial charge on any atom is 0.307 e. The van der Waals surface area contributed by atoms with Gasteiger partial charge in [0.05, 0.1) is 13.5 Å². The first-order chi connectivity index (χ1) is 10.1. The highest BCUT2D eigenvalue weighted by molar-refractivity contribution is 5.92.